The predicted molar refractivity (Wildman–Crippen MR) is 77.0 cm³/mol. The van der Waals surface area contributed by atoms with Gasteiger partial charge in [-0.1, -0.05) is 0 Å². The highest BCUT2D eigenvalue weighted by Crippen LogP contribution is 2.40. The lowest BCUT2D eigenvalue weighted by atomic mass is 9.73. The number of halogens is 2. The van der Waals surface area contributed by atoms with Crippen molar-refractivity contribution in [2.45, 2.75) is 32.1 Å². The van der Waals surface area contributed by atoms with E-state index in [1.165, 1.54) is 31.4 Å². The lowest BCUT2D eigenvalue weighted by Crippen LogP contribution is -2.37. The monoisotopic (exact) mass is 280 g/mol. The molecule has 0 amide bonds. The van der Waals surface area contributed by atoms with Crippen LogP contribution < -0.4 is 10.2 Å². The molecule has 2 nitrogen and oxygen atoms in total. The topological polar surface area (TPSA) is 15.3 Å². The van der Waals surface area contributed by atoms with Gasteiger partial charge in [0.25, 0.3) is 0 Å². The summed E-state index contributed by atoms with van der Waals surface area (Å²) in [5.74, 6) is -0.971. The number of benzene rings is 1. The van der Waals surface area contributed by atoms with E-state index in [0.29, 0.717) is 11.1 Å². The number of piperidine rings is 1. The van der Waals surface area contributed by atoms with Crippen molar-refractivity contribution in [2.75, 3.05) is 31.1 Å². The first-order valence-electron chi connectivity index (χ1n) is 7.59. The van der Waals surface area contributed by atoms with Crippen LogP contribution in [0.3, 0.4) is 0 Å². The van der Waals surface area contributed by atoms with Gasteiger partial charge in [0.2, 0.25) is 0 Å². The molecular formula is C16H22F2N2. The Balaban J connectivity index is 1.73. The van der Waals surface area contributed by atoms with E-state index in [9.17, 15) is 8.78 Å². The minimum Gasteiger partial charge on any atom is -0.371 e. The Morgan fingerprint density at radius 2 is 1.60 bits per heavy atom. The summed E-state index contributed by atoms with van der Waals surface area (Å²) < 4.78 is 26.7. The molecule has 2 fully saturated rings. The van der Waals surface area contributed by atoms with Crippen LogP contribution in [-0.2, 0) is 0 Å². The number of anilines is 1. The molecule has 110 valence electrons. The fraction of sp³-hybridized carbons (Fsp3) is 0.625. The molecule has 3 rings (SSSR count). The first-order chi connectivity index (χ1) is 9.67. The Morgan fingerprint density at radius 1 is 0.900 bits per heavy atom. The molecule has 2 heterocycles. The maximum absolute atomic E-state index is 13.4. The van der Waals surface area contributed by atoms with Crippen LogP contribution in [0, 0.1) is 17.0 Å². The third-order valence-corrected chi connectivity index (χ3v) is 4.92. The molecule has 1 aromatic carbocycles. The van der Waals surface area contributed by atoms with E-state index >= 15 is 0 Å². The van der Waals surface area contributed by atoms with Gasteiger partial charge in [-0.2, -0.15) is 0 Å². The van der Waals surface area contributed by atoms with E-state index in [4.69, 9.17) is 0 Å². The van der Waals surface area contributed by atoms with Crippen molar-refractivity contribution in [1.82, 2.24) is 5.32 Å². The van der Waals surface area contributed by atoms with Gasteiger partial charge in [-0.3, -0.25) is 0 Å². The van der Waals surface area contributed by atoms with E-state index in [1.807, 2.05) is 0 Å². The largest absolute Gasteiger partial charge is 0.371 e. The third kappa shape index (κ3) is 2.95. The van der Waals surface area contributed by atoms with Crippen molar-refractivity contribution >= 4 is 5.69 Å². The molecule has 2 aliphatic heterocycles. The molecule has 4 heteroatoms. The van der Waals surface area contributed by atoms with Crippen LogP contribution in [0.4, 0.5) is 14.5 Å². The molecule has 0 bridgehead atoms. The highest BCUT2D eigenvalue weighted by molar-refractivity contribution is 5.47. The highest BCUT2D eigenvalue weighted by atomic mass is 19.1. The first-order valence-corrected chi connectivity index (χ1v) is 7.59. The van der Waals surface area contributed by atoms with Crippen LogP contribution in [0.2, 0.25) is 0 Å². The van der Waals surface area contributed by atoms with Gasteiger partial charge in [-0.25, -0.2) is 8.78 Å². The third-order valence-electron chi connectivity index (χ3n) is 4.92. The van der Waals surface area contributed by atoms with Crippen molar-refractivity contribution < 1.29 is 8.78 Å². The van der Waals surface area contributed by atoms with Gasteiger partial charge in [0.15, 0.2) is 0 Å². The SMILES string of the molecule is Fc1cc(F)cc(N2CCCC3(CCNCC3)CC2)c1. The summed E-state index contributed by atoms with van der Waals surface area (Å²) in [6.07, 6.45) is 5.95. The van der Waals surface area contributed by atoms with Crippen LogP contribution in [0.25, 0.3) is 0 Å². The summed E-state index contributed by atoms with van der Waals surface area (Å²) in [7, 11) is 0. The Morgan fingerprint density at radius 3 is 2.30 bits per heavy atom. The van der Waals surface area contributed by atoms with Crippen LogP contribution in [0.5, 0.6) is 0 Å². The van der Waals surface area contributed by atoms with Crippen molar-refractivity contribution in [3.8, 4) is 0 Å². The zero-order valence-electron chi connectivity index (χ0n) is 11.8. The molecule has 0 aliphatic carbocycles. The Bertz CT molecular complexity index is 449. The molecule has 0 radical (unpaired) electrons. The Hall–Kier alpha value is -1.16. The van der Waals surface area contributed by atoms with Crippen LogP contribution in [0.1, 0.15) is 32.1 Å². The number of nitrogens with one attached hydrogen (secondary N) is 1. The number of hydrogen-bond donors (Lipinski definition) is 1. The predicted octanol–water partition coefficient (Wildman–Crippen LogP) is 3.32. The van der Waals surface area contributed by atoms with Gasteiger partial charge in [0.1, 0.15) is 11.6 Å². The highest BCUT2D eigenvalue weighted by Gasteiger charge is 2.33. The smallest absolute Gasteiger partial charge is 0.128 e. The minimum absolute atomic E-state index is 0.450. The lowest BCUT2D eigenvalue weighted by molar-refractivity contribution is 0.178. The van der Waals surface area contributed by atoms with Gasteiger partial charge in [0, 0.05) is 24.8 Å². The maximum Gasteiger partial charge on any atom is 0.128 e. The van der Waals surface area contributed by atoms with Crippen LogP contribution >= 0.6 is 0 Å². The standard InChI is InChI=1S/C16H22F2N2/c17-13-10-14(18)12-15(11-13)20-8-1-2-16(5-9-20)3-6-19-7-4-16/h10-12,19H,1-9H2. The molecule has 2 saturated heterocycles. The Kier molecular flexibility index (Phi) is 3.92. The molecule has 0 atom stereocenters. The van der Waals surface area contributed by atoms with E-state index in [0.717, 1.165) is 45.1 Å². The summed E-state index contributed by atoms with van der Waals surface area (Å²) >= 11 is 0. The number of rotatable bonds is 1. The molecule has 1 spiro atoms. The van der Waals surface area contributed by atoms with Crippen molar-refractivity contribution in [1.29, 1.82) is 0 Å². The molecule has 0 unspecified atom stereocenters. The summed E-state index contributed by atoms with van der Waals surface area (Å²) in [5, 5.41) is 3.42. The number of hydrogen-bond acceptors (Lipinski definition) is 2. The summed E-state index contributed by atoms with van der Waals surface area (Å²) in [6, 6.07) is 3.84. The van der Waals surface area contributed by atoms with E-state index in [1.54, 1.807) is 0 Å². The normalized spacial score (nSPS) is 22.8. The summed E-state index contributed by atoms with van der Waals surface area (Å²) in [6.45, 7) is 4.02. The minimum atomic E-state index is -0.485. The second kappa shape index (κ2) is 5.68. The second-order valence-electron chi connectivity index (χ2n) is 6.22. The molecule has 1 N–H and O–H groups in total. The Labute approximate surface area is 119 Å². The van der Waals surface area contributed by atoms with Gasteiger partial charge >= 0.3 is 0 Å². The van der Waals surface area contributed by atoms with Crippen molar-refractivity contribution in [3.63, 3.8) is 0 Å². The summed E-state index contributed by atoms with van der Waals surface area (Å²) in [4.78, 5) is 2.14. The fourth-order valence-corrected chi connectivity index (χ4v) is 3.69. The average molecular weight is 280 g/mol. The average Bonchev–Trinajstić information content (AvgIpc) is 2.62. The van der Waals surface area contributed by atoms with E-state index in [-0.39, 0.29) is 0 Å². The molecule has 20 heavy (non-hydrogen) atoms. The van der Waals surface area contributed by atoms with Gasteiger partial charge in [0.05, 0.1) is 0 Å². The first kappa shape index (κ1) is 13.8. The van der Waals surface area contributed by atoms with E-state index < -0.39 is 11.6 Å². The van der Waals surface area contributed by atoms with Crippen molar-refractivity contribution in [2.24, 2.45) is 5.41 Å². The second-order valence-corrected chi connectivity index (χ2v) is 6.22. The zero-order chi connectivity index (χ0) is 14.0. The van der Waals surface area contributed by atoms with Gasteiger partial charge in [-0.05, 0) is 62.7 Å². The van der Waals surface area contributed by atoms with Crippen molar-refractivity contribution in [3.05, 3.63) is 29.8 Å². The fourth-order valence-electron chi connectivity index (χ4n) is 3.69. The van der Waals surface area contributed by atoms with Crippen LogP contribution in [0.15, 0.2) is 18.2 Å². The van der Waals surface area contributed by atoms with Crippen LogP contribution in [-0.4, -0.2) is 26.2 Å². The maximum atomic E-state index is 13.4. The van der Waals surface area contributed by atoms with Gasteiger partial charge < -0.3 is 10.2 Å². The molecule has 0 aromatic heterocycles. The summed E-state index contributed by atoms with van der Waals surface area (Å²) in [5.41, 5.74) is 1.14. The molecule has 2 aliphatic rings. The van der Waals surface area contributed by atoms with E-state index in [2.05, 4.69) is 10.2 Å². The van der Waals surface area contributed by atoms with Gasteiger partial charge in [-0.15, -0.1) is 0 Å². The molecule has 0 saturated carbocycles. The number of nitrogens with zero attached hydrogens (tertiary/aromatic N) is 1. The zero-order valence-corrected chi connectivity index (χ0v) is 11.8. The molecular weight excluding hydrogens is 258 g/mol. The molecule has 1 aromatic rings. The quantitative estimate of drug-likeness (QED) is 0.849. The lowest BCUT2D eigenvalue weighted by Gasteiger charge is -2.37.